The van der Waals surface area contributed by atoms with Crippen molar-refractivity contribution in [2.75, 3.05) is 14.2 Å². The van der Waals surface area contributed by atoms with E-state index in [1.807, 2.05) is 0 Å². The van der Waals surface area contributed by atoms with Crippen molar-refractivity contribution in [3.8, 4) is 11.5 Å². The Balaban J connectivity index is 2.45. The van der Waals surface area contributed by atoms with Gasteiger partial charge in [-0.1, -0.05) is 0 Å². The zero-order valence-electron chi connectivity index (χ0n) is 13.0. The lowest BCUT2D eigenvalue weighted by molar-refractivity contribution is -0.385. The number of hydrogen-bond donors (Lipinski definition) is 0. The molecule has 2 aromatic rings. The molecular formula is C16H14N2O6. The van der Waals surface area contributed by atoms with Crippen LogP contribution in [0.25, 0.3) is 12.2 Å². The van der Waals surface area contributed by atoms with E-state index in [0.717, 1.165) is 0 Å². The molecule has 124 valence electrons. The van der Waals surface area contributed by atoms with Crippen LogP contribution in [0.3, 0.4) is 0 Å². The Hall–Kier alpha value is -3.42. The van der Waals surface area contributed by atoms with Crippen LogP contribution in [0.2, 0.25) is 0 Å². The molecule has 0 aliphatic heterocycles. The number of rotatable bonds is 6. The smallest absolute Gasteiger partial charge is 0.280 e. The highest BCUT2D eigenvalue weighted by Crippen LogP contribution is 2.29. The molecule has 0 fully saturated rings. The summed E-state index contributed by atoms with van der Waals surface area (Å²) in [4.78, 5) is 21.2. The van der Waals surface area contributed by atoms with E-state index in [0.29, 0.717) is 22.6 Å². The predicted octanol–water partition coefficient (Wildman–Crippen LogP) is 3.69. The van der Waals surface area contributed by atoms with Crippen molar-refractivity contribution in [2.24, 2.45) is 0 Å². The molecule has 0 saturated carbocycles. The predicted molar refractivity (Wildman–Crippen MR) is 88.2 cm³/mol. The minimum Gasteiger partial charge on any atom is -0.497 e. The van der Waals surface area contributed by atoms with Crippen LogP contribution in [0.1, 0.15) is 11.1 Å². The van der Waals surface area contributed by atoms with E-state index in [2.05, 4.69) is 0 Å². The maximum Gasteiger partial charge on any atom is 0.280 e. The molecule has 0 heterocycles. The second-order valence-electron chi connectivity index (χ2n) is 4.70. The Labute approximate surface area is 137 Å². The van der Waals surface area contributed by atoms with E-state index in [1.165, 1.54) is 50.6 Å². The number of benzene rings is 2. The van der Waals surface area contributed by atoms with Crippen molar-refractivity contribution in [2.45, 2.75) is 0 Å². The van der Waals surface area contributed by atoms with Crippen LogP contribution < -0.4 is 9.47 Å². The third-order valence-corrected chi connectivity index (χ3v) is 3.31. The van der Waals surface area contributed by atoms with Crippen LogP contribution in [0.15, 0.2) is 36.4 Å². The fraction of sp³-hybridized carbons (Fsp3) is 0.125. The van der Waals surface area contributed by atoms with Gasteiger partial charge in [-0.2, -0.15) is 0 Å². The topological polar surface area (TPSA) is 105 Å². The summed E-state index contributed by atoms with van der Waals surface area (Å²) in [5.74, 6) is 0.712. The average Bonchev–Trinajstić information content (AvgIpc) is 2.59. The van der Waals surface area contributed by atoms with Crippen LogP contribution in [0.4, 0.5) is 11.4 Å². The van der Waals surface area contributed by atoms with Gasteiger partial charge in [0.15, 0.2) is 0 Å². The standard InChI is InChI=1S/C16H14N2O6/c1-23-13-7-5-11(15(9-13)17(19)20)3-4-12-6-8-14(24-2)10-16(12)18(21)22/h3-10H,1-2H3/b4-3+. The van der Waals surface area contributed by atoms with Gasteiger partial charge in [-0.15, -0.1) is 0 Å². The van der Waals surface area contributed by atoms with E-state index in [-0.39, 0.29) is 11.4 Å². The number of ether oxygens (including phenoxy) is 2. The Morgan fingerprint density at radius 1 is 0.792 bits per heavy atom. The van der Waals surface area contributed by atoms with Gasteiger partial charge in [-0.05, 0) is 36.4 Å². The Kier molecular flexibility index (Phi) is 5.10. The molecule has 2 rings (SSSR count). The van der Waals surface area contributed by atoms with Gasteiger partial charge in [0.25, 0.3) is 11.4 Å². The van der Waals surface area contributed by atoms with Gasteiger partial charge in [0.1, 0.15) is 11.5 Å². The molecule has 0 spiro atoms. The summed E-state index contributed by atoms with van der Waals surface area (Å²) in [5.41, 5.74) is 0.320. The second kappa shape index (κ2) is 7.23. The second-order valence-corrected chi connectivity index (χ2v) is 4.70. The summed E-state index contributed by atoms with van der Waals surface area (Å²) in [6.07, 6.45) is 2.90. The van der Waals surface area contributed by atoms with Crippen molar-refractivity contribution in [1.29, 1.82) is 0 Å². The molecule has 0 atom stereocenters. The van der Waals surface area contributed by atoms with Gasteiger partial charge >= 0.3 is 0 Å². The molecule has 0 aromatic heterocycles. The number of nitro benzene ring substituents is 2. The molecule has 0 bridgehead atoms. The van der Waals surface area contributed by atoms with Crippen LogP contribution >= 0.6 is 0 Å². The quantitative estimate of drug-likeness (QED) is 0.454. The number of nitrogens with zero attached hydrogens (tertiary/aromatic N) is 2. The van der Waals surface area contributed by atoms with E-state index in [9.17, 15) is 20.2 Å². The molecule has 0 radical (unpaired) electrons. The third-order valence-electron chi connectivity index (χ3n) is 3.31. The first-order valence-electron chi connectivity index (χ1n) is 6.79. The summed E-state index contributed by atoms with van der Waals surface area (Å²) in [5, 5.41) is 22.3. The normalized spacial score (nSPS) is 10.6. The molecule has 0 N–H and O–H groups in total. The molecule has 0 saturated heterocycles. The Bertz CT molecular complexity index is 749. The monoisotopic (exact) mass is 330 g/mol. The van der Waals surface area contributed by atoms with Crippen LogP contribution in [-0.2, 0) is 0 Å². The number of nitro groups is 2. The molecule has 0 aliphatic rings. The maximum absolute atomic E-state index is 11.2. The molecule has 0 unspecified atom stereocenters. The highest BCUT2D eigenvalue weighted by Gasteiger charge is 2.15. The first-order valence-corrected chi connectivity index (χ1v) is 6.79. The van der Waals surface area contributed by atoms with Crippen molar-refractivity contribution >= 4 is 23.5 Å². The largest absolute Gasteiger partial charge is 0.497 e. The van der Waals surface area contributed by atoms with E-state index in [1.54, 1.807) is 12.1 Å². The molecule has 0 aliphatic carbocycles. The van der Waals surface area contributed by atoms with Crippen LogP contribution in [0, 0.1) is 20.2 Å². The Morgan fingerprint density at radius 2 is 1.17 bits per heavy atom. The van der Waals surface area contributed by atoms with E-state index < -0.39 is 9.85 Å². The highest BCUT2D eigenvalue weighted by atomic mass is 16.6. The van der Waals surface area contributed by atoms with Gasteiger partial charge in [0, 0.05) is 0 Å². The third kappa shape index (κ3) is 3.67. The van der Waals surface area contributed by atoms with Crippen molar-refractivity contribution in [3.63, 3.8) is 0 Å². The highest BCUT2D eigenvalue weighted by molar-refractivity contribution is 5.78. The van der Waals surface area contributed by atoms with Crippen LogP contribution in [0.5, 0.6) is 11.5 Å². The summed E-state index contributed by atoms with van der Waals surface area (Å²) in [7, 11) is 2.82. The minimum atomic E-state index is -0.537. The molecule has 2 aromatic carbocycles. The van der Waals surface area contributed by atoms with Gasteiger partial charge in [0.2, 0.25) is 0 Å². The molecular weight excluding hydrogens is 316 g/mol. The lowest BCUT2D eigenvalue weighted by Crippen LogP contribution is -1.94. The molecule has 24 heavy (non-hydrogen) atoms. The fourth-order valence-corrected chi connectivity index (χ4v) is 2.08. The lowest BCUT2D eigenvalue weighted by atomic mass is 10.1. The lowest BCUT2D eigenvalue weighted by Gasteiger charge is -2.03. The summed E-state index contributed by atoms with van der Waals surface area (Å²) in [6.45, 7) is 0. The Morgan fingerprint density at radius 3 is 1.46 bits per heavy atom. The van der Waals surface area contributed by atoms with Crippen molar-refractivity contribution in [3.05, 3.63) is 67.8 Å². The van der Waals surface area contributed by atoms with E-state index >= 15 is 0 Å². The molecule has 8 nitrogen and oxygen atoms in total. The van der Waals surface area contributed by atoms with Gasteiger partial charge in [0.05, 0.1) is 47.3 Å². The maximum atomic E-state index is 11.2. The first-order chi connectivity index (χ1) is 11.5. The summed E-state index contributed by atoms with van der Waals surface area (Å²) >= 11 is 0. The minimum absolute atomic E-state index is 0.151. The zero-order valence-corrected chi connectivity index (χ0v) is 13.0. The summed E-state index contributed by atoms with van der Waals surface area (Å²) in [6, 6.07) is 8.78. The first kappa shape index (κ1) is 16.9. The zero-order chi connectivity index (χ0) is 17.7. The average molecular weight is 330 g/mol. The molecule has 0 amide bonds. The fourth-order valence-electron chi connectivity index (χ4n) is 2.08. The van der Waals surface area contributed by atoms with Gasteiger partial charge in [-0.3, -0.25) is 20.2 Å². The van der Waals surface area contributed by atoms with Crippen LogP contribution in [-0.4, -0.2) is 24.1 Å². The van der Waals surface area contributed by atoms with Gasteiger partial charge in [-0.25, -0.2) is 0 Å². The van der Waals surface area contributed by atoms with Crippen molar-refractivity contribution in [1.82, 2.24) is 0 Å². The summed E-state index contributed by atoms with van der Waals surface area (Å²) < 4.78 is 9.93. The number of methoxy groups -OCH3 is 2. The SMILES string of the molecule is COc1ccc(/C=C/c2ccc(OC)cc2[N+](=O)[O-])c([N+](=O)[O-])c1. The van der Waals surface area contributed by atoms with Crippen molar-refractivity contribution < 1.29 is 19.3 Å². The van der Waals surface area contributed by atoms with Gasteiger partial charge < -0.3 is 9.47 Å². The van der Waals surface area contributed by atoms with E-state index in [4.69, 9.17) is 9.47 Å². The molecule has 8 heteroatoms. The number of hydrogen-bond acceptors (Lipinski definition) is 6.